The van der Waals surface area contributed by atoms with Crippen molar-refractivity contribution in [1.29, 1.82) is 0 Å². The van der Waals surface area contributed by atoms with E-state index in [-0.39, 0.29) is 11.9 Å². The fourth-order valence-corrected chi connectivity index (χ4v) is 4.10. The Hall–Kier alpha value is -3.35. The molecule has 7 nitrogen and oxygen atoms in total. The molecule has 160 valence electrons. The smallest absolute Gasteiger partial charge is 0.255 e. The molecular formula is C24H27N5O2. The van der Waals surface area contributed by atoms with Crippen LogP contribution in [0.5, 0.6) is 5.88 Å². The summed E-state index contributed by atoms with van der Waals surface area (Å²) in [5.74, 6) is 1.27. The summed E-state index contributed by atoms with van der Waals surface area (Å²) < 4.78 is 5.12. The van der Waals surface area contributed by atoms with Crippen molar-refractivity contribution in [2.45, 2.75) is 45.6 Å². The maximum absolute atomic E-state index is 13.3. The number of carbonyl (C=O) groups excluding carboxylic acids is 1. The molecule has 0 saturated carbocycles. The molecule has 1 saturated heterocycles. The first-order valence-electron chi connectivity index (χ1n) is 10.7. The Balaban J connectivity index is 1.74. The zero-order chi connectivity index (χ0) is 21.8. The highest BCUT2D eigenvalue weighted by Gasteiger charge is 2.34. The molecule has 0 radical (unpaired) electrons. The van der Waals surface area contributed by atoms with Crippen LogP contribution in [0.25, 0.3) is 11.1 Å². The van der Waals surface area contributed by atoms with Gasteiger partial charge < -0.3 is 9.64 Å². The lowest BCUT2D eigenvalue weighted by molar-refractivity contribution is 0.0732. The van der Waals surface area contributed by atoms with Crippen molar-refractivity contribution in [3.05, 3.63) is 65.6 Å². The van der Waals surface area contributed by atoms with E-state index in [0.717, 1.165) is 53.9 Å². The topological polar surface area (TPSA) is 81.1 Å². The third-order valence-corrected chi connectivity index (χ3v) is 5.67. The first kappa shape index (κ1) is 20.9. The maximum Gasteiger partial charge on any atom is 0.255 e. The Kier molecular flexibility index (Phi) is 6.21. The molecule has 0 aromatic carbocycles. The van der Waals surface area contributed by atoms with Crippen LogP contribution in [0.2, 0.25) is 0 Å². The lowest BCUT2D eigenvalue weighted by Gasteiger charge is -2.26. The Morgan fingerprint density at radius 2 is 2.03 bits per heavy atom. The van der Waals surface area contributed by atoms with E-state index in [1.54, 1.807) is 31.6 Å². The second-order valence-corrected chi connectivity index (χ2v) is 7.77. The van der Waals surface area contributed by atoms with Gasteiger partial charge in [0, 0.05) is 49.4 Å². The minimum absolute atomic E-state index is 0.0364. The summed E-state index contributed by atoms with van der Waals surface area (Å²) in [5.41, 5.74) is 4.55. The number of pyridine rings is 2. The van der Waals surface area contributed by atoms with E-state index in [1.165, 1.54) is 0 Å². The van der Waals surface area contributed by atoms with Gasteiger partial charge in [0.15, 0.2) is 0 Å². The summed E-state index contributed by atoms with van der Waals surface area (Å²) >= 11 is 0. The number of carbonyl (C=O) groups is 1. The van der Waals surface area contributed by atoms with Gasteiger partial charge in [-0.15, -0.1) is 0 Å². The summed E-state index contributed by atoms with van der Waals surface area (Å²) in [7, 11) is 1.56. The van der Waals surface area contributed by atoms with Gasteiger partial charge in [-0.2, -0.15) is 0 Å². The van der Waals surface area contributed by atoms with Crippen molar-refractivity contribution < 1.29 is 9.53 Å². The maximum atomic E-state index is 13.3. The standard InChI is InChI=1S/C24H27N5O2/c1-4-6-21-26-15-19(18-10-11-25-13-16(18)2)23(28-21)20-7-5-12-29(20)24(30)17-8-9-22(31-3)27-14-17/h8-11,13-15,20H,4-7,12H2,1-3H3. The predicted octanol–water partition coefficient (Wildman–Crippen LogP) is 4.18. The monoisotopic (exact) mass is 417 g/mol. The van der Waals surface area contributed by atoms with Gasteiger partial charge >= 0.3 is 0 Å². The molecule has 4 heterocycles. The molecule has 1 aliphatic rings. The van der Waals surface area contributed by atoms with Gasteiger partial charge in [-0.1, -0.05) is 6.92 Å². The molecule has 1 amide bonds. The van der Waals surface area contributed by atoms with Crippen molar-refractivity contribution in [3.63, 3.8) is 0 Å². The fourth-order valence-electron chi connectivity index (χ4n) is 4.10. The Bertz CT molecular complexity index is 1070. The molecule has 1 atom stereocenters. The number of hydrogen-bond acceptors (Lipinski definition) is 6. The van der Waals surface area contributed by atoms with Crippen LogP contribution in [-0.2, 0) is 6.42 Å². The summed E-state index contributed by atoms with van der Waals surface area (Å²) in [6.07, 6.45) is 10.7. The van der Waals surface area contributed by atoms with Crippen molar-refractivity contribution in [2.24, 2.45) is 0 Å². The summed E-state index contributed by atoms with van der Waals surface area (Å²) in [6, 6.07) is 5.37. The summed E-state index contributed by atoms with van der Waals surface area (Å²) in [5, 5.41) is 0. The van der Waals surface area contributed by atoms with Crippen LogP contribution in [0.4, 0.5) is 0 Å². The first-order chi connectivity index (χ1) is 15.1. The zero-order valence-electron chi connectivity index (χ0n) is 18.2. The van der Waals surface area contributed by atoms with Crippen LogP contribution in [0, 0.1) is 6.92 Å². The highest BCUT2D eigenvalue weighted by molar-refractivity contribution is 5.94. The van der Waals surface area contributed by atoms with Gasteiger partial charge in [-0.05, 0) is 49.4 Å². The van der Waals surface area contributed by atoms with E-state index in [2.05, 4.69) is 21.9 Å². The van der Waals surface area contributed by atoms with Crippen LogP contribution in [0.15, 0.2) is 43.0 Å². The van der Waals surface area contributed by atoms with Crippen molar-refractivity contribution >= 4 is 5.91 Å². The molecule has 1 unspecified atom stereocenters. The fraction of sp³-hybridized carbons (Fsp3) is 0.375. The average Bonchev–Trinajstić information content (AvgIpc) is 3.29. The Morgan fingerprint density at radius 3 is 2.74 bits per heavy atom. The third-order valence-electron chi connectivity index (χ3n) is 5.67. The summed E-state index contributed by atoms with van der Waals surface area (Å²) in [4.78, 5) is 33.2. The molecule has 0 aliphatic carbocycles. The molecule has 31 heavy (non-hydrogen) atoms. The van der Waals surface area contributed by atoms with E-state index in [4.69, 9.17) is 9.72 Å². The molecule has 4 rings (SSSR count). The number of aromatic nitrogens is 4. The number of ether oxygens (including phenoxy) is 1. The van der Waals surface area contributed by atoms with Gasteiger partial charge in [0.2, 0.25) is 5.88 Å². The number of hydrogen-bond donors (Lipinski definition) is 0. The lowest BCUT2D eigenvalue weighted by atomic mass is 9.97. The predicted molar refractivity (Wildman–Crippen MR) is 118 cm³/mol. The molecule has 0 N–H and O–H groups in total. The van der Waals surface area contributed by atoms with Crippen LogP contribution in [0.1, 0.15) is 59.7 Å². The van der Waals surface area contributed by atoms with Crippen molar-refractivity contribution in [2.75, 3.05) is 13.7 Å². The number of aryl methyl sites for hydroxylation is 2. The van der Waals surface area contributed by atoms with Crippen LogP contribution in [0.3, 0.4) is 0 Å². The van der Waals surface area contributed by atoms with Gasteiger partial charge in [0.1, 0.15) is 5.82 Å². The number of methoxy groups -OCH3 is 1. The zero-order valence-corrected chi connectivity index (χ0v) is 18.2. The molecule has 0 spiro atoms. The van der Waals surface area contributed by atoms with Crippen LogP contribution in [-0.4, -0.2) is 44.4 Å². The Labute approximate surface area is 182 Å². The second-order valence-electron chi connectivity index (χ2n) is 7.77. The van der Waals surface area contributed by atoms with Gasteiger partial charge in [0.25, 0.3) is 5.91 Å². The molecule has 7 heteroatoms. The molecule has 3 aromatic rings. The highest BCUT2D eigenvalue weighted by atomic mass is 16.5. The molecule has 1 fully saturated rings. The first-order valence-corrected chi connectivity index (χ1v) is 10.7. The van der Waals surface area contributed by atoms with Gasteiger partial charge in [-0.3, -0.25) is 9.78 Å². The van der Waals surface area contributed by atoms with Gasteiger partial charge in [0.05, 0.1) is 24.4 Å². The SMILES string of the molecule is CCCc1ncc(-c2ccncc2C)c(C2CCCN2C(=O)c2ccc(OC)nc2)n1. The van der Waals surface area contributed by atoms with Crippen LogP contribution < -0.4 is 4.74 Å². The highest BCUT2D eigenvalue weighted by Crippen LogP contribution is 2.38. The minimum Gasteiger partial charge on any atom is -0.481 e. The summed E-state index contributed by atoms with van der Waals surface area (Å²) in [6.45, 7) is 4.84. The van der Waals surface area contributed by atoms with E-state index < -0.39 is 0 Å². The van der Waals surface area contributed by atoms with Crippen LogP contribution >= 0.6 is 0 Å². The molecular weight excluding hydrogens is 390 g/mol. The largest absolute Gasteiger partial charge is 0.481 e. The van der Waals surface area contributed by atoms with Gasteiger partial charge in [-0.25, -0.2) is 15.0 Å². The number of nitrogens with zero attached hydrogens (tertiary/aromatic N) is 5. The van der Waals surface area contributed by atoms with Crippen molar-refractivity contribution in [3.8, 4) is 17.0 Å². The number of rotatable bonds is 6. The number of likely N-dealkylation sites (tertiary alicyclic amines) is 1. The van der Waals surface area contributed by atoms with E-state index in [1.807, 2.05) is 30.3 Å². The van der Waals surface area contributed by atoms with E-state index in [0.29, 0.717) is 18.0 Å². The second kappa shape index (κ2) is 9.20. The molecule has 0 bridgehead atoms. The quantitative estimate of drug-likeness (QED) is 0.598. The van der Waals surface area contributed by atoms with Crippen molar-refractivity contribution in [1.82, 2.24) is 24.8 Å². The minimum atomic E-state index is -0.101. The molecule has 1 aliphatic heterocycles. The normalized spacial score (nSPS) is 15.8. The Morgan fingerprint density at radius 1 is 1.16 bits per heavy atom. The molecule has 3 aromatic heterocycles. The lowest BCUT2D eigenvalue weighted by Crippen LogP contribution is -2.31. The number of amides is 1. The average molecular weight is 418 g/mol. The van der Waals surface area contributed by atoms with E-state index in [9.17, 15) is 4.79 Å². The third kappa shape index (κ3) is 4.26. The van der Waals surface area contributed by atoms with E-state index >= 15 is 0 Å².